The first kappa shape index (κ1) is 15.4. The van der Waals surface area contributed by atoms with Gasteiger partial charge in [0.05, 0.1) is 0 Å². The molecule has 2 N–H and O–H groups in total. The van der Waals surface area contributed by atoms with Crippen molar-refractivity contribution in [3.05, 3.63) is 35.4 Å². The number of benzene rings is 1. The van der Waals surface area contributed by atoms with Crippen molar-refractivity contribution < 1.29 is 8.78 Å². The van der Waals surface area contributed by atoms with Crippen LogP contribution in [0.4, 0.5) is 8.78 Å². The van der Waals surface area contributed by atoms with Crippen molar-refractivity contribution >= 4 is 0 Å². The lowest BCUT2D eigenvalue weighted by Gasteiger charge is -2.45. The summed E-state index contributed by atoms with van der Waals surface area (Å²) in [4.78, 5) is 4.64. The Bertz CT molecular complexity index is 458. The van der Waals surface area contributed by atoms with Gasteiger partial charge < -0.3 is 10.6 Å². The highest BCUT2D eigenvalue weighted by Gasteiger charge is 2.32. The molecule has 112 valence electrons. The highest BCUT2D eigenvalue weighted by atomic mass is 19.2. The molecule has 1 atom stereocenters. The van der Waals surface area contributed by atoms with Crippen LogP contribution in [0.5, 0.6) is 0 Å². The molecule has 20 heavy (non-hydrogen) atoms. The second kappa shape index (κ2) is 6.16. The van der Waals surface area contributed by atoms with E-state index in [0.717, 1.165) is 31.7 Å². The van der Waals surface area contributed by atoms with Crippen LogP contribution in [0.15, 0.2) is 18.2 Å². The van der Waals surface area contributed by atoms with Gasteiger partial charge in [-0.25, -0.2) is 8.78 Å². The molecule has 5 heteroatoms. The van der Waals surface area contributed by atoms with E-state index < -0.39 is 11.6 Å². The molecule has 3 nitrogen and oxygen atoms in total. The first-order valence-electron chi connectivity index (χ1n) is 7.02. The first-order valence-corrected chi connectivity index (χ1v) is 7.02. The Morgan fingerprint density at radius 1 is 1.15 bits per heavy atom. The van der Waals surface area contributed by atoms with E-state index in [1.807, 2.05) is 0 Å². The summed E-state index contributed by atoms with van der Waals surface area (Å²) in [6, 6.07) is 4.10. The van der Waals surface area contributed by atoms with Gasteiger partial charge in [-0.05, 0) is 38.1 Å². The Morgan fingerprint density at radius 2 is 1.80 bits per heavy atom. The average Bonchev–Trinajstić information content (AvgIpc) is 2.43. The summed E-state index contributed by atoms with van der Waals surface area (Å²) in [5.41, 5.74) is 6.54. The number of hydrogen-bond donors (Lipinski definition) is 1. The second-order valence-corrected chi connectivity index (χ2v) is 5.92. The van der Waals surface area contributed by atoms with Crippen LogP contribution in [0.3, 0.4) is 0 Å². The number of nitrogens with zero attached hydrogens (tertiary/aromatic N) is 2. The molecule has 0 spiro atoms. The van der Waals surface area contributed by atoms with E-state index in [9.17, 15) is 8.78 Å². The fraction of sp³-hybridized carbons (Fsp3) is 0.600. The zero-order chi connectivity index (χ0) is 14.8. The van der Waals surface area contributed by atoms with Gasteiger partial charge in [0.15, 0.2) is 11.6 Å². The largest absolute Gasteiger partial charge is 0.329 e. The van der Waals surface area contributed by atoms with Gasteiger partial charge in [-0.2, -0.15) is 0 Å². The molecule has 0 radical (unpaired) electrons. The van der Waals surface area contributed by atoms with E-state index in [-0.39, 0.29) is 5.54 Å². The SMILES string of the molecule is CN1CCN(C(C)(CN)Cc2ccc(F)c(F)c2)CC1. The molecule has 1 heterocycles. The maximum absolute atomic E-state index is 13.3. The first-order chi connectivity index (χ1) is 9.44. The maximum atomic E-state index is 13.3. The van der Waals surface area contributed by atoms with Crippen molar-refractivity contribution in [2.24, 2.45) is 5.73 Å². The van der Waals surface area contributed by atoms with Gasteiger partial charge in [0.1, 0.15) is 0 Å². The van der Waals surface area contributed by atoms with E-state index in [0.29, 0.717) is 13.0 Å². The Morgan fingerprint density at radius 3 is 2.35 bits per heavy atom. The van der Waals surface area contributed by atoms with Crippen LogP contribution in [0, 0.1) is 11.6 Å². The Hall–Kier alpha value is -1.04. The summed E-state index contributed by atoms with van der Waals surface area (Å²) in [5.74, 6) is -1.59. The van der Waals surface area contributed by atoms with Crippen LogP contribution in [0.2, 0.25) is 0 Å². The molecule has 0 saturated carbocycles. The van der Waals surface area contributed by atoms with Crippen LogP contribution in [-0.4, -0.2) is 55.1 Å². The smallest absolute Gasteiger partial charge is 0.159 e. The predicted octanol–water partition coefficient (Wildman–Crippen LogP) is 1.47. The molecule has 0 aliphatic carbocycles. The minimum absolute atomic E-state index is 0.217. The standard InChI is InChI=1S/C15H23F2N3/c1-15(11-18,20-7-5-19(2)6-8-20)10-12-3-4-13(16)14(17)9-12/h3-4,9H,5-8,10-11,18H2,1-2H3. The van der Waals surface area contributed by atoms with Crippen molar-refractivity contribution in [3.63, 3.8) is 0 Å². The van der Waals surface area contributed by atoms with Gasteiger partial charge in [-0.1, -0.05) is 6.07 Å². The highest BCUT2D eigenvalue weighted by molar-refractivity contribution is 5.20. The molecule has 1 aromatic rings. The second-order valence-electron chi connectivity index (χ2n) is 5.92. The lowest BCUT2D eigenvalue weighted by Crippen LogP contribution is -2.59. The van der Waals surface area contributed by atoms with Crippen molar-refractivity contribution in [3.8, 4) is 0 Å². The van der Waals surface area contributed by atoms with Crippen LogP contribution in [-0.2, 0) is 6.42 Å². The van der Waals surface area contributed by atoms with Crippen molar-refractivity contribution in [1.29, 1.82) is 0 Å². The molecule has 1 saturated heterocycles. The van der Waals surface area contributed by atoms with Crippen LogP contribution < -0.4 is 5.73 Å². The van der Waals surface area contributed by atoms with E-state index in [4.69, 9.17) is 5.73 Å². The molecule has 1 aliphatic heterocycles. The monoisotopic (exact) mass is 283 g/mol. The summed E-state index contributed by atoms with van der Waals surface area (Å²) in [7, 11) is 2.10. The summed E-state index contributed by atoms with van der Waals surface area (Å²) < 4.78 is 26.3. The van der Waals surface area contributed by atoms with Crippen molar-refractivity contribution in [2.75, 3.05) is 39.8 Å². The van der Waals surface area contributed by atoms with E-state index in [1.54, 1.807) is 6.07 Å². The van der Waals surface area contributed by atoms with Gasteiger partial charge in [0, 0.05) is 38.3 Å². The normalized spacial score (nSPS) is 20.9. The Labute approximate surface area is 119 Å². The lowest BCUT2D eigenvalue weighted by molar-refractivity contribution is 0.0559. The lowest BCUT2D eigenvalue weighted by atomic mass is 9.90. The van der Waals surface area contributed by atoms with E-state index in [1.165, 1.54) is 12.1 Å². The fourth-order valence-corrected chi connectivity index (χ4v) is 2.75. The third-order valence-corrected chi connectivity index (χ3v) is 4.28. The minimum atomic E-state index is -0.803. The van der Waals surface area contributed by atoms with E-state index >= 15 is 0 Å². The molecule has 1 fully saturated rings. The molecular formula is C15H23F2N3. The number of halogens is 2. The van der Waals surface area contributed by atoms with Gasteiger partial charge in [0.25, 0.3) is 0 Å². The average molecular weight is 283 g/mol. The van der Waals surface area contributed by atoms with Gasteiger partial charge in [-0.3, -0.25) is 4.90 Å². The molecule has 1 unspecified atom stereocenters. The summed E-state index contributed by atoms with van der Waals surface area (Å²) in [5, 5.41) is 0. The Balaban J connectivity index is 2.12. The molecule has 1 aromatic carbocycles. The fourth-order valence-electron chi connectivity index (χ4n) is 2.75. The third-order valence-electron chi connectivity index (χ3n) is 4.28. The molecule has 0 amide bonds. The maximum Gasteiger partial charge on any atom is 0.159 e. The number of hydrogen-bond acceptors (Lipinski definition) is 3. The van der Waals surface area contributed by atoms with E-state index in [2.05, 4.69) is 23.8 Å². The van der Waals surface area contributed by atoms with Crippen LogP contribution in [0.25, 0.3) is 0 Å². The predicted molar refractivity (Wildman–Crippen MR) is 76.6 cm³/mol. The number of likely N-dealkylation sites (N-methyl/N-ethyl adjacent to an activating group) is 1. The molecule has 2 rings (SSSR count). The zero-order valence-corrected chi connectivity index (χ0v) is 12.2. The van der Waals surface area contributed by atoms with Gasteiger partial charge >= 0.3 is 0 Å². The van der Waals surface area contributed by atoms with Gasteiger partial charge in [-0.15, -0.1) is 0 Å². The van der Waals surface area contributed by atoms with Crippen molar-refractivity contribution in [1.82, 2.24) is 9.80 Å². The minimum Gasteiger partial charge on any atom is -0.329 e. The number of piperazine rings is 1. The highest BCUT2D eigenvalue weighted by Crippen LogP contribution is 2.22. The molecular weight excluding hydrogens is 260 g/mol. The van der Waals surface area contributed by atoms with Gasteiger partial charge in [0.2, 0.25) is 0 Å². The summed E-state index contributed by atoms with van der Waals surface area (Å²) in [6.45, 7) is 6.51. The zero-order valence-electron chi connectivity index (χ0n) is 12.2. The van der Waals surface area contributed by atoms with Crippen LogP contribution >= 0.6 is 0 Å². The summed E-state index contributed by atoms with van der Waals surface area (Å²) >= 11 is 0. The number of nitrogens with two attached hydrogens (primary N) is 1. The van der Waals surface area contributed by atoms with Crippen molar-refractivity contribution in [2.45, 2.75) is 18.9 Å². The molecule has 1 aliphatic rings. The number of rotatable bonds is 4. The topological polar surface area (TPSA) is 32.5 Å². The molecule has 0 aromatic heterocycles. The van der Waals surface area contributed by atoms with Crippen LogP contribution in [0.1, 0.15) is 12.5 Å². The molecule has 0 bridgehead atoms. The quantitative estimate of drug-likeness (QED) is 0.908. The Kier molecular flexibility index (Phi) is 4.73. The third kappa shape index (κ3) is 3.34. The summed E-state index contributed by atoms with van der Waals surface area (Å²) in [6.07, 6.45) is 0.629.